The minimum atomic E-state index is -0.0209. The fourth-order valence-corrected chi connectivity index (χ4v) is 4.02. The third kappa shape index (κ3) is 5.08. The van der Waals surface area contributed by atoms with Gasteiger partial charge in [-0.2, -0.15) is 0 Å². The molecule has 0 aliphatic rings. The van der Waals surface area contributed by atoms with Gasteiger partial charge in [-0.25, -0.2) is 4.98 Å². The van der Waals surface area contributed by atoms with Gasteiger partial charge in [0, 0.05) is 25.1 Å². The zero-order valence-corrected chi connectivity index (χ0v) is 19.1. The van der Waals surface area contributed by atoms with E-state index in [1.165, 1.54) is 11.1 Å². The number of hydrogen-bond donors (Lipinski definition) is 1. The number of hydrogen-bond acceptors (Lipinski definition) is 2. The van der Waals surface area contributed by atoms with Gasteiger partial charge in [0.15, 0.2) is 0 Å². The molecular weight excluding hydrogens is 394 g/mol. The molecule has 0 aliphatic heterocycles. The Morgan fingerprint density at radius 1 is 1.00 bits per heavy atom. The lowest BCUT2D eigenvalue weighted by molar-refractivity contribution is 0.0953. The second-order valence-corrected chi connectivity index (χ2v) is 8.73. The van der Waals surface area contributed by atoms with Crippen LogP contribution >= 0.6 is 0 Å². The van der Waals surface area contributed by atoms with E-state index in [9.17, 15) is 4.79 Å². The van der Waals surface area contributed by atoms with Crippen molar-refractivity contribution in [3.8, 4) is 0 Å². The second-order valence-electron chi connectivity index (χ2n) is 8.73. The van der Waals surface area contributed by atoms with E-state index >= 15 is 0 Å². The lowest BCUT2D eigenvalue weighted by atomic mass is 10.0. The highest BCUT2D eigenvalue weighted by Crippen LogP contribution is 2.20. The monoisotopic (exact) mass is 425 g/mol. The number of rotatable bonds is 8. The molecule has 1 N–H and O–H groups in total. The molecule has 0 unspecified atom stereocenters. The molecule has 164 valence electrons. The molecule has 1 amide bonds. The number of fused-ring (bicyclic) bond motifs is 1. The third-order valence-electron chi connectivity index (χ3n) is 5.86. The van der Waals surface area contributed by atoms with Gasteiger partial charge in [0.05, 0.1) is 11.0 Å². The molecule has 0 spiro atoms. The van der Waals surface area contributed by atoms with Crippen LogP contribution in [0.2, 0.25) is 0 Å². The van der Waals surface area contributed by atoms with Crippen LogP contribution in [0.15, 0.2) is 72.8 Å². The fraction of sp³-hybridized carbons (Fsp3) is 0.286. The largest absolute Gasteiger partial charge is 0.352 e. The maximum absolute atomic E-state index is 12.4. The van der Waals surface area contributed by atoms with Crippen molar-refractivity contribution in [3.05, 3.63) is 101 Å². The fourth-order valence-electron chi connectivity index (χ4n) is 4.02. The number of carbonyl (C=O) groups is 1. The first-order chi connectivity index (χ1) is 15.5. The molecule has 4 aromatic rings. The Morgan fingerprint density at radius 3 is 2.53 bits per heavy atom. The maximum atomic E-state index is 12.4. The number of amides is 1. The van der Waals surface area contributed by atoms with Gasteiger partial charge in [-0.1, -0.05) is 67.9 Å². The Bertz CT molecular complexity index is 1210. The number of aromatic nitrogens is 2. The van der Waals surface area contributed by atoms with E-state index in [0.717, 1.165) is 41.8 Å². The number of nitrogens with zero attached hydrogens (tertiary/aromatic N) is 2. The number of para-hydroxylation sites is 2. The standard InChI is InChI=1S/C28H31N3O/c1-20(2)23-15-13-22(14-16-23)19-31-26-11-5-4-10-25(26)30-27(31)12-7-17-29-28(32)24-9-6-8-21(3)18-24/h4-6,8-11,13-16,18,20H,7,12,17,19H2,1-3H3,(H,29,32). The molecule has 1 heterocycles. The highest BCUT2D eigenvalue weighted by Gasteiger charge is 2.12. The van der Waals surface area contributed by atoms with Gasteiger partial charge in [0.25, 0.3) is 5.91 Å². The van der Waals surface area contributed by atoms with E-state index in [1.807, 2.05) is 37.3 Å². The molecule has 1 aromatic heterocycles. The zero-order chi connectivity index (χ0) is 22.5. The summed E-state index contributed by atoms with van der Waals surface area (Å²) >= 11 is 0. The van der Waals surface area contributed by atoms with Crippen molar-refractivity contribution in [2.45, 2.75) is 46.1 Å². The second kappa shape index (κ2) is 9.82. The van der Waals surface area contributed by atoms with Gasteiger partial charge in [-0.3, -0.25) is 4.79 Å². The molecule has 32 heavy (non-hydrogen) atoms. The van der Waals surface area contributed by atoms with Gasteiger partial charge < -0.3 is 9.88 Å². The number of carbonyl (C=O) groups excluding carboxylic acids is 1. The lowest BCUT2D eigenvalue weighted by Crippen LogP contribution is -2.25. The van der Waals surface area contributed by atoms with Gasteiger partial charge in [-0.15, -0.1) is 0 Å². The van der Waals surface area contributed by atoms with E-state index in [-0.39, 0.29) is 5.91 Å². The van der Waals surface area contributed by atoms with Crippen LogP contribution in [0, 0.1) is 6.92 Å². The Balaban J connectivity index is 1.44. The summed E-state index contributed by atoms with van der Waals surface area (Å²) in [5.41, 5.74) is 6.60. The summed E-state index contributed by atoms with van der Waals surface area (Å²) in [5, 5.41) is 3.04. The Kier molecular flexibility index (Phi) is 6.69. The molecule has 4 rings (SSSR count). The predicted octanol–water partition coefficient (Wildman–Crippen LogP) is 5.88. The van der Waals surface area contributed by atoms with E-state index in [1.54, 1.807) is 0 Å². The summed E-state index contributed by atoms with van der Waals surface area (Å²) in [7, 11) is 0. The van der Waals surface area contributed by atoms with Crippen molar-refractivity contribution in [1.82, 2.24) is 14.9 Å². The van der Waals surface area contributed by atoms with Crippen LogP contribution in [-0.4, -0.2) is 22.0 Å². The van der Waals surface area contributed by atoms with Crippen molar-refractivity contribution < 1.29 is 4.79 Å². The van der Waals surface area contributed by atoms with Crippen molar-refractivity contribution >= 4 is 16.9 Å². The molecule has 0 fully saturated rings. The summed E-state index contributed by atoms with van der Waals surface area (Å²) < 4.78 is 2.31. The van der Waals surface area contributed by atoms with Crippen molar-refractivity contribution in [2.75, 3.05) is 6.54 Å². The van der Waals surface area contributed by atoms with E-state index in [0.29, 0.717) is 18.0 Å². The zero-order valence-electron chi connectivity index (χ0n) is 19.1. The highest BCUT2D eigenvalue weighted by atomic mass is 16.1. The number of aryl methyl sites for hydroxylation is 2. The topological polar surface area (TPSA) is 46.9 Å². The quantitative estimate of drug-likeness (QED) is 0.358. The molecule has 0 aliphatic carbocycles. The average Bonchev–Trinajstić information content (AvgIpc) is 3.14. The Morgan fingerprint density at radius 2 is 1.78 bits per heavy atom. The van der Waals surface area contributed by atoms with E-state index in [4.69, 9.17) is 4.98 Å². The summed E-state index contributed by atoms with van der Waals surface area (Å²) in [5.74, 6) is 1.57. The summed E-state index contributed by atoms with van der Waals surface area (Å²) in [6, 6.07) is 24.9. The van der Waals surface area contributed by atoms with Crippen LogP contribution < -0.4 is 5.32 Å². The Hall–Kier alpha value is -3.40. The van der Waals surface area contributed by atoms with Crippen molar-refractivity contribution in [3.63, 3.8) is 0 Å². The summed E-state index contributed by atoms with van der Waals surface area (Å²) in [6.45, 7) is 7.85. The molecule has 0 saturated carbocycles. The van der Waals surface area contributed by atoms with Gasteiger partial charge in [0.1, 0.15) is 5.82 Å². The number of imidazole rings is 1. The van der Waals surface area contributed by atoms with Crippen LogP contribution in [0.4, 0.5) is 0 Å². The number of benzene rings is 3. The number of nitrogens with one attached hydrogen (secondary N) is 1. The average molecular weight is 426 g/mol. The third-order valence-corrected chi connectivity index (χ3v) is 5.86. The van der Waals surface area contributed by atoms with Crippen LogP contribution in [-0.2, 0) is 13.0 Å². The first-order valence-corrected chi connectivity index (χ1v) is 11.4. The smallest absolute Gasteiger partial charge is 0.251 e. The van der Waals surface area contributed by atoms with E-state index < -0.39 is 0 Å². The van der Waals surface area contributed by atoms with Crippen LogP contribution in [0.5, 0.6) is 0 Å². The molecule has 4 nitrogen and oxygen atoms in total. The highest BCUT2D eigenvalue weighted by molar-refractivity contribution is 5.94. The molecule has 3 aromatic carbocycles. The SMILES string of the molecule is Cc1cccc(C(=O)NCCCc2nc3ccccc3n2Cc2ccc(C(C)C)cc2)c1. The molecular formula is C28H31N3O. The first kappa shape index (κ1) is 21.8. The molecule has 0 radical (unpaired) electrons. The van der Waals surface area contributed by atoms with Crippen molar-refractivity contribution in [2.24, 2.45) is 0 Å². The van der Waals surface area contributed by atoms with Crippen LogP contribution in [0.3, 0.4) is 0 Å². The van der Waals surface area contributed by atoms with Gasteiger partial charge in [0.2, 0.25) is 0 Å². The summed E-state index contributed by atoms with van der Waals surface area (Å²) in [6.07, 6.45) is 1.65. The molecule has 0 saturated heterocycles. The van der Waals surface area contributed by atoms with Crippen LogP contribution in [0.1, 0.15) is 59.1 Å². The maximum Gasteiger partial charge on any atom is 0.251 e. The normalized spacial score (nSPS) is 11.2. The van der Waals surface area contributed by atoms with Crippen LogP contribution in [0.25, 0.3) is 11.0 Å². The van der Waals surface area contributed by atoms with Crippen molar-refractivity contribution in [1.29, 1.82) is 0 Å². The Labute approximate surface area is 190 Å². The van der Waals surface area contributed by atoms with Gasteiger partial charge >= 0.3 is 0 Å². The first-order valence-electron chi connectivity index (χ1n) is 11.4. The molecule has 4 heteroatoms. The summed E-state index contributed by atoms with van der Waals surface area (Å²) in [4.78, 5) is 17.3. The lowest BCUT2D eigenvalue weighted by Gasteiger charge is -2.12. The predicted molar refractivity (Wildman–Crippen MR) is 131 cm³/mol. The minimum Gasteiger partial charge on any atom is -0.352 e. The van der Waals surface area contributed by atoms with E-state index in [2.05, 4.69) is 66.2 Å². The molecule has 0 bridgehead atoms. The minimum absolute atomic E-state index is 0.0209. The van der Waals surface area contributed by atoms with Gasteiger partial charge in [-0.05, 0) is 54.7 Å². The molecule has 0 atom stereocenters.